The maximum Gasteiger partial charge on any atom is 0.423 e. The summed E-state index contributed by atoms with van der Waals surface area (Å²) in [5.41, 5.74) is 3.74. The third kappa shape index (κ3) is 5.53. The second-order valence-electron chi connectivity index (χ2n) is 4.25. The number of halogens is 6. The van der Waals surface area contributed by atoms with E-state index in [-0.39, 0.29) is 19.3 Å². The summed E-state index contributed by atoms with van der Waals surface area (Å²) in [5.74, 6) is -1.37. The molecule has 0 aliphatic heterocycles. The Balaban J connectivity index is 4.45. The highest BCUT2D eigenvalue weighted by Crippen LogP contribution is 2.35. The first-order valence-electron chi connectivity index (χ1n) is 5.62. The van der Waals surface area contributed by atoms with Crippen LogP contribution in [0.4, 0.5) is 26.3 Å². The van der Waals surface area contributed by atoms with Crippen molar-refractivity contribution in [3.63, 3.8) is 0 Å². The van der Waals surface area contributed by atoms with Crippen LogP contribution in [0.2, 0.25) is 0 Å². The summed E-state index contributed by atoms with van der Waals surface area (Å²) in [4.78, 5) is 10.8. The second kappa shape index (κ2) is 6.61. The summed E-state index contributed by atoms with van der Waals surface area (Å²) in [5, 5.41) is 8.77. The van der Waals surface area contributed by atoms with E-state index < -0.39 is 36.6 Å². The van der Waals surface area contributed by atoms with Crippen LogP contribution in [0.3, 0.4) is 0 Å². The quantitative estimate of drug-likeness (QED) is 0.559. The lowest BCUT2D eigenvalue weighted by Crippen LogP contribution is -2.48. The average Bonchev–Trinajstić information content (AvgIpc) is 2.24. The summed E-state index contributed by atoms with van der Waals surface area (Å²) in [7, 11) is 0. The predicted octanol–water partition coefficient (Wildman–Crippen LogP) is 2.47. The molecule has 0 aromatic carbocycles. The molecule has 10 heteroatoms. The zero-order valence-electron chi connectivity index (χ0n) is 10.5. The van der Waals surface area contributed by atoms with Gasteiger partial charge in [0.05, 0.1) is 0 Å². The molecule has 0 aromatic rings. The average molecular weight is 311 g/mol. The molecular weight excluding hydrogens is 296 g/mol. The normalized spacial score (nSPS) is 16.2. The van der Waals surface area contributed by atoms with E-state index in [0.717, 1.165) is 0 Å². The van der Waals surface area contributed by atoms with E-state index in [0.29, 0.717) is 0 Å². The first-order chi connectivity index (χ1) is 8.84. The minimum absolute atomic E-state index is 0.00962. The van der Waals surface area contributed by atoms with Crippen molar-refractivity contribution in [2.24, 2.45) is 5.73 Å². The lowest BCUT2D eigenvalue weighted by atomic mass is 9.92. The molecule has 0 bridgehead atoms. The van der Waals surface area contributed by atoms with E-state index in [2.05, 4.69) is 4.74 Å². The SMILES string of the molecule is CCC(N)(CCCOC(C(F)(F)F)C(F)(F)F)C(=O)O. The molecule has 0 heterocycles. The smallest absolute Gasteiger partial charge is 0.423 e. The van der Waals surface area contributed by atoms with Crippen molar-refractivity contribution in [3.05, 3.63) is 0 Å². The predicted molar refractivity (Wildman–Crippen MR) is 55.9 cm³/mol. The van der Waals surface area contributed by atoms with Crippen molar-refractivity contribution in [2.75, 3.05) is 6.61 Å². The van der Waals surface area contributed by atoms with Gasteiger partial charge in [-0.1, -0.05) is 6.92 Å². The van der Waals surface area contributed by atoms with Crippen molar-refractivity contribution in [2.45, 2.75) is 50.2 Å². The number of carboxylic acid groups (broad SMARTS) is 1. The zero-order chi connectivity index (χ0) is 16.2. The number of rotatable bonds is 7. The molecule has 1 unspecified atom stereocenters. The highest BCUT2D eigenvalue weighted by Gasteiger charge is 2.57. The molecule has 3 N–H and O–H groups in total. The lowest BCUT2D eigenvalue weighted by molar-refractivity contribution is -0.321. The van der Waals surface area contributed by atoms with Gasteiger partial charge in [0, 0.05) is 6.61 Å². The Kier molecular flexibility index (Phi) is 6.27. The van der Waals surface area contributed by atoms with Gasteiger partial charge in [-0.15, -0.1) is 0 Å². The fourth-order valence-electron chi connectivity index (χ4n) is 1.40. The molecule has 0 rings (SSSR count). The fourth-order valence-corrected chi connectivity index (χ4v) is 1.40. The van der Waals surface area contributed by atoms with Crippen LogP contribution in [-0.2, 0) is 9.53 Å². The monoisotopic (exact) mass is 311 g/mol. The molecular formula is C10H15F6NO3. The van der Waals surface area contributed by atoms with Crippen molar-refractivity contribution >= 4 is 5.97 Å². The largest absolute Gasteiger partial charge is 0.480 e. The number of nitrogens with two attached hydrogens (primary N) is 1. The van der Waals surface area contributed by atoms with Crippen LogP contribution in [-0.4, -0.2) is 41.7 Å². The molecule has 0 saturated heterocycles. The molecule has 0 aliphatic carbocycles. The van der Waals surface area contributed by atoms with Crippen LogP contribution in [0, 0.1) is 0 Å². The molecule has 0 aromatic heterocycles. The molecule has 0 fully saturated rings. The molecule has 1 atom stereocenters. The van der Waals surface area contributed by atoms with Gasteiger partial charge in [0.2, 0.25) is 6.10 Å². The Bertz CT molecular complexity index is 316. The molecule has 20 heavy (non-hydrogen) atoms. The molecule has 0 saturated carbocycles. The van der Waals surface area contributed by atoms with Crippen molar-refractivity contribution in [3.8, 4) is 0 Å². The van der Waals surface area contributed by atoms with Gasteiger partial charge in [-0.25, -0.2) is 0 Å². The first-order valence-corrected chi connectivity index (χ1v) is 5.62. The summed E-state index contributed by atoms with van der Waals surface area (Å²) in [6.07, 6.45) is -15.7. The number of hydrogen-bond donors (Lipinski definition) is 2. The Morgan fingerprint density at radius 1 is 1.20 bits per heavy atom. The maximum atomic E-state index is 12.1. The number of alkyl halides is 6. The van der Waals surface area contributed by atoms with Crippen LogP contribution in [0.5, 0.6) is 0 Å². The van der Waals surface area contributed by atoms with E-state index in [1.54, 1.807) is 0 Å². The Morgan fingerprint density at radius 2 is 1.65 bits per heavy atom. The number of hydrogen-bond acceptors (Lipinski definition) is 3. The van der Waals surface area contributed by atoms with Crippen molar-refractivity contribution in [1.29, 1.82) is 0 Å². The third-order valence-corrected chi connectivity index (χ3v) is 2.70. The molecule has 120 valence electrons. The Hall–Kier alpha value is -1.03. The van der Waals surface area contributed by atoms with Gasteiger partial charge in [0.25, 0.3) is 0 Å². The van der Waals surface area contributed by atoms with Crippen LogP contribution in [0.1, 0.15) is 26.2 Å². The van der Waals surface area contributed by atoms with E-state index >= 15 is 0 Å². The maximum absolute atomic E-state index is 12.1. The van der Waals surface area contributed by atoms with E-state index in [1.165, 1.54) is 6.92 Å². The van der Waals surface area contributed by atoms with Gasteiger partial charge >= 0.3 is 18.3 Å². The minimum atomic E-state index is -5.57. The molecule has 0 amide bonds. The van der Waals surface area contributed by atoms with Gasteiger partial charge < -0.3 is 15.6 Å². The van der Waals surface area contributed by atoms with Crippen molar-refractivity contribution < 1.29 is 41.0 Å². The lowest BCUT2D eigenvalue weighted by Gasteiger charge is -2.25. The van der Waals surface area contributed by atoms with Gasteiger partial charge in [-0.2, -0.15) is 26.3 Å². The Labute approximate surface area is 110 Å². The van der Waals surface area contributed by atoms with Gasteiger partial charge in [-0.3, -0.25) is 4.79 Å². The summed E-state index contributed by atoms with van der Waals surface area (Å²) in [6, 6.07) is 0. The number of carbonyl (C=O) groups is 1. The summed E-state index contributed by atoms with van der Waals surface area (Å²) < 4.78 is 76.4. The molecule has 0 spiro atoms. The van der Waals surface area contributed by atoms with Gasteiger partial charge in [0.1, 0.15) is 5.54 Å². The van der Waals surface area contributed by atoms with Crippen molar-refractivity contribution in [1.82, 2.24) is 0 Å². The standard InChI is InChI=1S/C10H15F6NO3/c1-2-8(17,7(18)19)4-3-5-20-6(9(11,12)13)10(14,15)16/h6H,2-5,17H2,1H3,(H,18,19). The second-order valence-corrected chi connectivity index (χ2v) is 4.25. The highest BCUT2D eigenvalue weighted by molar-refractivity contribution is 5.78. The summed E-state index contributed by atoms with van der Waals surface area (Å²) >= 11 is 0. The van der Waals surface area contributed by atoms with Crippen LogP contribution in [0.15, 0.2) is 0 Å². The molecule has 4 nitrogen and oxygen atoms in total. The number of aliphatic carboxylic acids is 1. The van der Waals surface area contributed by atoms with Gasteiger partial charge in [0.15, 0.2) is 0 Å². The van der Waals surface area contributed by atoms with E-state index in [9.17, 15) is 31.1 Å². The third-order valence-electron chi connectivity index (χ3n) is 2.70. The van der Waals surface area contributed by atoms with E-state index in [1.807, 2.05) is 0 Å². The fraction of sp³-hybridized carbons (Fsp3) is 0.900. The molecule has 0 radical (unpaired) electrons. The number of ether oxygens (including phenoxy) is 1. The highest BCUT2D eigenvalue weighted by atomic mass is 19.4. The first kappa shape index (κ1) is 19.0. The Morgan fingerprint density at radius 3 is 1.95 bits per heavy atom. The van der Waals surface area contributed by atoms with E-state index in [4.69, 9.17) is 10.8 Å². The zero-order valence-corrected chi connectivity index (χ0v) is 10.5. The molecule has 0 aliphatic rings. The minimum Gasteiger partial charge on any atom is -0.480 e. The number of carboxylic acids is 1. The van der Waals surface area contributed by atoms with Crippen LogP contribution < -0.4 is 5.73 Å². The van der Waals surface area contributed by atoms with Gasteiger partial charge in [-0.05, 0) is 19.3 Å². The van der Waals surface area contributed by atoms with Crippen LogP contribution in [0.25, 0.3) is 0 Å². The van der Waals surface area contributed by atoms with Crippen LogP contribution >= 0.6 is 0 Å². The summed E-state index contributed by atoms with van der Waals surface area (Å²) in [6.45, 7) is 0.555. The topological polar surface area (TPSA) is 72.5 Å².